The van der Waals surface area contributed by atoms with Gasteiger partial charge in [-0.1, -0.05) is 0 Å². The Morgan fingerprint density at radius 3 is 3.08 bits per heavy atom. The highest BCUT2D eigenvalue weighted by Gasteiger charge is 2.27. The molecule has 0 aliphatic carbocycles. The van der Waals surface area contributed by atoms with E-state index in [1.807, 2.05) is 6.92 Å². The molecule has 1 aromatic heterocycles. The van der Waals surface area contributed by atoms with E-state index < -0.39 is 0 Å². The fourth-order valence-electron chi connectivity index (χ4n) is 1.56. The number of nitrogens with zero attached hydrogens (tertiary/aromatic N) is 1. The summed E-state index contributed by atoms with van der Waals surface area (Å²) in [7, 11) is 0. The Kier molecular flexibility index (Phi) is 1.66. The van der Waals surface area contributed by atoms with Gasteiger partial charge in [0.05, 0.1) is 18.3 Å². The fourth-order valence-corrected chi connectivity index (χ4v) is 1.56. The summed E-state index contributed by atoms with van der Waals surface area (Å²) in [6.07, 6.45) is 1.38. The van der Waals surface area contributed by atoms with Gasteiger partial charge in [-0.2, -0.15) is 4.73 Å². The van der Waals surface area contributed by atoms with E-state index in [1.165, 1.54) is 6.20 Å². The maximum absolute atomic E-state index is 11.2. The van der Waals surface area contributed by atoms with Crippen LogP contribution in [0.3, 0.4) is 0 Å². The van der Waals surface area contributed by atoms with E-state index in [2.05, 4.69) is 0 Å². The van der Waals surface area contributed by atoms with Crippen LogP contribution in [0.25, 0.3) is 0 Å². The predicted octanol–water partition coefficient (Wildman–Crippen LogP) is 0.925. The van der Waals surface area contributed by atoms with E-state index >= 15 is 0 Å². The largest absolute Gasteiger partial charge is 0.618 e. The molecule has 0 saturated heterocycles. The van der Waals surface area contributed by atoms with Crippen molar-refractivity contribution in [2.24, 2.45) is 0 Å². The number of pyridine rings is 1. The molecule has 0 saturated carbocycles. The molecule has 0 spiro atoms. The first kappa shape index (κ1) is 8.31. The first-order chi connectivity index (χ1) is 6.11. The minimum Gasteiger partial charge on any atom is -0.618 e. The van der Waals surface area contributed by atoms with Gasteiger partial charge >= 0.3 is 0 Å². The molecule has 1 aromatic rings. The number of fused-ring (bicyclic) bond motifs is 1. The maximum atomic E-state index is 11.2. The van der Waals surface area contributed by atoms with Gasteiger partial charge in [-0.25, -0.2) is 0 Å². The van der Waals surface area contributed by atoms with Gasteiger partial charge in [-0.3, -0.25) is 0 Å². The maximum Gasteiger partial charge on any atom is 0.231 e. The van der Waals surface area contributed by atoms with Gasteiger partial charge in [-0.05, 0) is 6.92 Å². The van der Waals surface area contributed by atoms with Crippen molar-refractivity contribution in [3.63, 3.8) is 0 Å². The van der Waals surface area contributed by atoms with Crippen LogP contribution in [0.1, 0.15) is 29.8 Å². The summed E-state index contributed by atoms with van der Waals surface area (Å²) in [4.78, 5) is 0. The highest BCUT2D eigenvalue weighted by atomic mass is 16.5. The zero-order chi connectivity index (χ0) is 9.59. The van der Waals surface area contributed by atoms with Crippen LogP contribution in [0.2, 0.25) is 0 Å². The zero-order valence-electron chi connectivity index (χ0n) is 7.57. The standard InChI is InChI=1S/C9H11NO3/c1-5-9(11)8-4-13-6(2)7(8)3-10(5)12/h3,6,11H,4H2,1-2H3. The van der Waals surface area contributed by atoms with E-state index in [9.17, 15) is 10.3 Å². The molecule has 0 bridgehead atoms. The van der Waals surface area contributed by atoms with Crippen molar-refractivity contribution in [2.45, 2.75) is 26.6 Å². The average molecular weight is 181 g/mol. The molecule has 0 amide bonds. The highest BCUT2D eigenvalue weighted by Crippen LogP contribution is 2.35. The molecule has 4 nitrogen and oxygen atoms in total. The summed E-state index contributed by atoms with van der Waals surface area (Å²) in [5.41, 5.74) is 1.87. The van der Waals surface area contributed by atoms with Crippen molar-refractivity contribution in [1.82, 2.24) is 0 Å². The summed E-state index contributed by atoms with van der Waals surface area (Å²) in [5, 5.41) is 20.9. The third-order valence-electron chi connectivity index (χ3n) is 2.48. The van der Waals surface area contributed by atoms with Crippen LogP contribution in [-0.2, 0) is 11.3 Å². The van der Waals surface area contributed by atoms with E-state index in [-0.39, 0.29) is 11.9 Å². The third kappa shape index (κ3) is 1.06. The lowest BCUT2D eigenvalue weighted by Crippen LogP contribution is -2.30. The second-order valence-electron chi connectivity index (χ2n) is 3.28. The third-order valence-corrected chi connectivity index (χ3v) is 2.48. The summed E-state index contributed by atoms with van der Waals surface area (Å²) < 4.78 is 5.98. The number of rotatable bonds is 0. The Labute approximate surface area is 76.0 Å². The Balaban J connectivity index is 2.67. The van der Waals surface area contributed by atoms with E-state index in [1.54, 1.807) is 6.92 Å². The molecule has 0 aromatic carbocycles. The lowest BCUT2D eigenvalue weighted by atomic mass is 10.1. The molecule has 1 N–H and O–H groups in total. The highest BCUT2D eigenvalue weighted by molar-refractivity contribution is 5.40. The van der Waals surface area contributed by atoms with Crippen LogP contribution in [0, 0.1) is 12.1 Å². The molecule has 2 rings (SSSR count). The van der Waals surface area contributed by atoms with Crippen molar-refractivity contribution >= 4 is 0 Å². The first-order valence-corrected chi connectivity index (χ1v) is 4.17. The summed E-state index contributed by atoms with van der Waals surface area (Å²) in [6.45, 7) is 3.84. The second kappa shape index (κ2) is 2.60. The Bertz CT molecular complexity index is 362. The minimum atomic E-state index is -0.0956. The number of ether oxygens (including phenoxy) is 1. The van der Waals surface area contributed by atoms with E-state index in [4.69, 9.17) is 4.74 Å². The Morgan fingerprint density at radius 2 is 2.38 bits per heavy atom. The van der Waals surface area contributed by atoms with Gasteiger partial charge < -0.3 is 15.1 Å². The van der Waals surface area contributed by atoms with Crippen LogP contribution in [0.15, 0.2) is 6.20 Å². The van der Waals surface area contributed by atoms with Crippen LogP contribution in [-0.4, -0.2) is 5.11 Å². The normalized spacial score (nSPS) is 20.3. The molecule has 70 valence electrons. The number of aromatic nitrogens is 1. The van der Waals surface area contributed by atoms with Gasteiger partial charge in [0.1, 0.15) is 0 Å². The first-order valence-electron chi connectivity index (χ1n) is 4.17. The lowest BCUT2D eigenvalue weighted by Gasteiger charge is -2.07. The Morgan fingerprint density at radius 1 is 1.69 bits per heavy atom. The summed E-state index contributed by atoms with van der Waals surface area (Å²) in [6, 6.07) is 0. The van der Waals surface area contributed by atoms with Crippen LogP contribution in [0.4, 0.5) is 0 Å². The smallest absolute Gasteiger partial charge is 0.231 e. The van der Waals surface area contributed by atoms with Gasteiger partial charge in [-0.15, -0.1) is 0 Å². The predicted molar refractivity (Wildman–Crippen MR) is 45.0 cm³/mol. The average Bonchev–Trinajstić information content (AvgIpc) is 2.45. The molecular formula is C9H11NO3. The monoisotopic (exact) mass is 181 g/mol. The molecular weight excluding hydrogens is 170 g/mol. The molecule has 0 radical (unpaired) electrons. The van der Waals surface area contributed by atoms with Crippen molar-refractivity contribution in [2.75, 3.05) is 0 Å². The molecule has 4 heteroatoms. The van der Waals surface area contributed by atoms with Gasteiger partial charge in [0.25, 0.3) is 0 Å². The zero-order valence-corrected chi connectivity index (χ0v) is 7.57. The van der Waals surface area contributed by atoms with E-state index in [0.717, 1.165) is 11.1 Å². The van der Waals surface area contributed by atoms with Crippen LogP contribution in [0.5, 0.6) is 5.75 Å². The van der Waals surface area contributed by atoms with Gasteiger partial charge in [0.2, 0.25) is 5.69 Å². The SMILES string of the molecule is Cc1c(O)c2c(c[n+]1[O-])C(C)OC2. The summed E-state index contributed by atoms with van der Waals surface area (Å²) in [5.74, 6) is 0.0665. The molecule has 1 aliphatic heterocycles. The quantitative estimate of drug-likeness (QED) is 0.478. The lowest BCUT2D eigenvalue weighted by molar-refractivity contribution is -0.613. The van der Waals surface area contributed by atoms with Crippen LogP contribution >= 0.6 is 0 Å². The summed E-state index contributed by atoms with van der Waals surface area (Å²) >= 11 is 0. The molecule has 1 atom stereocenters. The molecule has 1 unspecified atom stereocenters. The Hall–Kier alpha value is -1.29. The minimum absolute atomic E-state index is 0.0665. The van der Waals surface area contributed by atoms with Gasteiger partial charge in [0.15, 0.2) is 11.9 Å². The van der Waals surface area contributed by atoms with Crippen molar-refractivity contribution < 1.29 is 14.6 Å². The second-order valence-corrected chi connectivity index (χ2v) is 3.28. The van der Waals surface area contributed by atoms with Gasteiger partial charge in [0, 0.05) is 12.5 Å². The van der Waals surface area contributed by atoms with Crippen molar-refractivity contribution in [1.29, 1.82) is 0 Å². The molecule has 1 aliphatic rings. The number of aromatic hydroxyl groups is 1. The molecule has 2 heterocycles. The van der Waals surface area contributed by atoms with Crippen molar-refractivity contribution in [3.8, 4) is 5.75 Å². The fraction of sp³-hybridized carbons (Fsp3) is 0.444. The van der Waals surface area contributed by atoms with Crippen LogP contribution < -0.4 is 4.73 Å². The topological polar surface area (TPSA) is 56.4 Å². The number of hydrogen-bond donors (Lipinski definition) is 1. The van der Waals surface area contributed by atoms with E-state index in [0.29, 0.717) is 17.0 Å². The molecule has 13 heavy (non-hydrogen) atoms. The van der Waals surface area contributed by atoms with Crippen molar-refractivity contribution in [3.05, 3.63) is 28.2 Å². The number of hydrogen-bond acceptors (Lipinski definition) is 3. The molecule has 0 fully saturated rings.